The summed E-state index contributed by atoms with van der Waals surface area (Å²) in [6, 6.07) is 6.08. The number of nitrogens with one attached hydrogen (secondary N) is 1. The Balaban J connectivity index is 2.72. The van der Waals surface area contributed by atoms with Crippen molar-refractivity contribution < 1.29 is 4.39 Å². The van der Waals surface area contributed by atoms with E-state index in [9.17, 15) is 4.39 Å². The van der Waals surface area contributed by atoms with Crippen LogP contribution in [0.25, 0.3) is 11.3 Å². The fraction of sp³-hybridized carbons (Fsp3) is 0.429. The molecule has 0 bridgehead atoms. The SMILES string of the molecule is CC(C)c1cccc(C(C)C)c1-c1nn[nH]c1F. The van der Waals surface area contributed by atoms with Crippen LogP contribution < -0.4 is 0 Å². The molecule has 3 nitrogen and oxygen atoms in total. The lowest BCUT2D eigenvalue weighted by molar-refractivity contribution is 0.581. The van der Waals surface area contributed by atoms with E-state index >= 15 is 0 Å². The molecule has 0 fully saturated rings. The third kappa shape index (κ3) is 2.15. The minimum atomic E-state index is -0.468. The second-order valence-corrected chi connectivity index (χ2v) is 5.10. The third-order valence-corrected chi connectivity index (χ3v) is 3.12. The van der Waals surface area contributed by atoms with Crippen LogP contribution in [0.5, 0.6) is 0 Å². The lowest BCUT2D eigenvalue weighted by Gasteiger charge is -2.17. The normalized spacial score (nSPS) is 11.5. The Morgan fingerprint density at radius 3 is 2.00 bits per heavy atom. The van der Waals surface area contributed by atoms with Gasteiger partial charge in [-0.2, -0.15) is 4.39 Å². The number of benzene rings is 1. The minimum absolute atomic E-state index is 0.315. The molecule has 0 atom stereocenters. The average molecular weight is 247 g/mol. The summed E-state index contributed by atoms with van der Waals surface area (Å²) in [6.07, 6.45) is 0. The Kier molecular flexibility index (Phi) is 3.45. The van der Waals surface area contributed by atoms with Crippen LogP contribution in [0.2, 0.25) is 0 Å². The molecule has 4 heteroatoms. The highest BCUT2D eigenvalue weighted by molar-refractivity contribution is 5.69. The molecule has 0 radical (unpaired) electrons. The van der Waals surface area contributed by atoms with Crippen molar-refractivity contribution in [1.29, 1.82) is 0 Å². The van der Waals surface area contributed by atoms with E-state index in [1.54, 1.807) is 0 Å². The molecule has 0 spiro atoms. The maximum absolute atomic E-state index is 13.7. The molecule has 2 aromatic rings. The molecule has 1 aromatic carbocycles. The first-order chi connectivity index (χ1) is 8.52. The highest BCUT2D eigenvalue weighted by atomic mass is 19.1. The first-order valence-corrected chi connectivity index (χ1v) is 6.22. The number of H-pyrrole nitrogens is 1. The van der Waals surface area contributed by atoms with Crippen LogP contribution in [0.15, 0.2) is 18.2 Å². The Hall–Kier alpha value is -1.71. The zero-order chi connectivity index (χ0) is 13.3. The van der Waals surface area contributed by atoms with E-state index in [0.29, 0.717) is 17.5 Å². The summed E-state index contributed by atoms with van der Waals surface area (Å²) in [5.41, 5.74) is 3.42. The summed E-state index contributed by atoms with van der Waals surface area (Å²) in [5.74, 6) is 0.162. The quantitative estimate of drug-likeness (QED) is 0.894. The van der Waals surface area contributed by atoms with Crippen molar-refractivity contribution in [1.82, 2.24) is 15.4 Å². The fourth-order valence-corrected chi connectivity index (χ4v) is 2.20. The predicted octanol–water partition coefficient (Wildman–Crippen LogP) is 3.86. The van der Waals surface area contributed by atoms with E-state index in [1.165, 1.54) is 0 Å². The van der Waals surface area contributed by atoms with Gasteiger partial charge in [0.2, 0.25) is 5.95 Å². The molecule has 0 aliphatic rings. The number of rotatable bonds is 3. The van der Waals surface area contributed by atoms with Crippen molar-refractivity contribution in [3.63, 3.8) is 0 Å². The first-order valence-electron chi connectivity index (χ1n) is 6.22. The lowest BCUT2D eigenvalue weighted by Crippen LogP contribution is -2.01. The van der Waals surface area contributed by atoms with Gasteiger partial charge in [-0.25, -0.2) is 5.10 Å². The Bertz CT molecular complexity index is 517. The zero-order valence-electron chi connectivity index (χ0n) is 11.2. The van der Waals surface area contributed by atoms with Crippen molar-refractivity contribution in [3.8, 4) is 11.3 Å². The summed E-state index contributed by atoms with van der Waals surface area (Å²) in [7, 11) is 0. The number of aromatic amines is 1. The highest BCUT2D eigenvalue weighted by Crippen LogP contribution is 2.35. The molecule has 2 rings (SSSR count). The Morgan fingerprint density at radius 1 is 1.06 bits per heavy atom. The maximum Gasteiger partial charge on any atom is 0.237 e. The lowest BCUT2D eigenvalue weighted by atomic mass is 9.87. The zero-order valence-corrected chi connectivity index (χ0v) is 11.2. The molecule has 0 amide bonds. The molecule has 1 heterocycles. The van der Waals surface area contributed by atoms with Crippen molar-refractivity contribution in [2.45, 2.75) is 39.5 Å². The summed E-state index contributed by atoms with van der Waals surface area (Å²) < 4.78 is 13.7. The van der Waals surface area contributed by atoms with Gasteiger partial charge in [0.05, 0.1) is 0 Å². The van der Waals surface area contributed by atoms with Crippen LogP contribution in [0, 0.1) is 5.95 Å². The maximum atomic E-state index is 13.7. The second-order valence-electron chi connectivity index (χ2n) is 5.10. The molecule has 18 heavy (non-hydrogen) atoms. The number of halogens is 1. The molecule has 0 saturated carbocycles. The van der Waals surface area contributed by atoms with Crippen molar-refractivity contribution in [2.24, 2.45) is 0 Å². The van der Waals surface area contributed by atoms with E-state index in [0.717, 1.165) is 16.7 Å². The summed E-state index contributed by atoms with van der Waals surface area (Å²) in [4.78, 5) is 0. The largest absolute Gasteiger partial charge is 0.237 e. The van der Waals surface area contributed by atoms with E-state index in [2.05, 4.69) is 43.1 Å². The molecule has 96 valence electrons. The van der Waals surface area contributed by atoms with Crippen LogP contribution in [-0.2, 0) is 0 Å². The van der Waals surface area contributed by atoms with E-state index < -0.39 is 5.95 Å². The smallest absolute Gasteiger partial charge is 0.232 e. The van der Waals surface area contributed by atoms with Gasteiger partial charge in [0.15, 0.2) is 0 Å². The fourth-order valence-electron chi connectivity index (χ4n) is 2.20. The summed E-state index contributed by atoms with van der Waals surface area (Å²) in [6.45, 7) is 8.39. The molecular weight excluding hydrogens is 229 g/mol. The molecular formula is C14H18FN3. The number of hydrogen-bond acceptors (Lipinski definition) is 2. The Labute approximate surface area is 106 Å². The van der Waals surface area contributed by atoms with Gasteiger partial charge in [-0.1, -0.05) is 51.1 Å². The van der Waals surface area contributed by atoms with Crippen LogP contribution in [0.1, 0.15) is 50.7 Å². The molecule has 0 saturated heterocycles. The number of nitrogens with zero attached hydrogens (tertiary/aromatic N) is 2. The third-order valence-electron chi connectivity index (χ3n) is 3.12. The van der Waals surface area contributed by atoms with Crippen molar-refractivity contribution in [2.75, 3.05) is 0 Å². The summed E-state index contributed by atoms with van der Waals surface area (Å²) >= 11 is 0. The van der Waals surface area contributed by atoms with Gasteiger partial charge in [-0.05, 0) is 23.0 Å². The van der Waals surface area contributed by atoms with Crippen LogP contribution in [0.4, 0.5) is 4.39 Å². The van der Waals surface area contributed by atoms with Crippen LogP contribution >= 0.6 is 0 Å². The summed E-state index contributed by atoms with van der Waals surface area (Å²) in [5, 5.41) is 9.71. The van der Waals surface area contributed by atoms with E-state index in [-0.39, 0.29) is 0 Å². The van der Waals surface area contributed by atoms with Gasteiger partial charge >= 0.3 is 0 Å². The number of hydrogen-bond donors (Lipinski definition) is 1. The van der Waals surface area contributed by atoms with Gasteiger partial charge in [0, 0.05) is 5.56 Å². The monoisotopic (exact) mass is 247 g/mol. The predicted molar refractivity (Wildman–Crippen MR) is 70.0 cm³/mol. The van der Waals surface area contributed by atoms with E-state index in [1.807, 2.05) is 18.2 Å². The molecule has 0 aliphatic heterocycles. The van der Waals surface area contributed by atoms with Gasteiger partial charge in [-0.3, -0.25) is 0 Å². The second kappa shape index (κ2) is 4.88. The van der Waals surface area contributed by atoms with Crippen LogP contribution in [-0.4, -0.2) is 15.4 Å². The van der Waals surface area contributed by atoms with Gasteiger partial charge in [0.1, 0.15) is 5.69 Å². The van der Waals surface area contributed by atoms with Gasteiger partial charge < -0.3 is 0 Å². The molecule has 1 N–H and O–H groups in total. The number of aromatic nitrogens is 3. The highest BCUT2D eigenvalue weighted by Gasteiger charge is 2.20. The van der Waals surface area contributed by atoms with Crippen molar-refractivity contribution in [3.05, 3.63) is 35.3 Å². The first kappa shape index (κ1) is 12.7. The van der Waals surface area contributed by atoms with Gasteiger partial charge in [0.25, 0.3) is 0 Å². The molecule has 1 aromatic heterocycles. The average Bonchev–Trinajstić information content (AvgIpc) is 2.74. The standard InChI is InChI=1S/C14H18FN3/c1-8(2)10-6-5-7-11(9(3)4)12(10)13-14(15)17-18-16-13/h5-9H,1-4H3,(H,16,17,18). The molecule has 0 unspecified atom stereocenters. The minimum Gasteiger partial charge on any atom is -0.232 e. The van der Waals surface area contributed by atoms with E-state index in [4.69, 9.17) is 0 Å². The van der Waals surface area contributed by atoms with Crippen molar-refractivity contribution >= 4 is 0 Å². The Morgan fingerprint density at radius 2 is 1.61 bits per heavy atom. The molecule has 0 aliphatic carbocycles. The van der Waals surface area contributed by atoms with Crippen LogP contribution in [0.3, 0.4) is 0 Å². The van der Waals surface area contributed by atoms with Gasteiger partial charge in [-0.15, -0.1) is 5.10 Å². The topological polar surface area (TPSA) is 41.6 Å².